The molecular weight excluding hydrogens is 721 g/mol. The van der Waals surface area contributed by atoms with Gasteiger partial charge in [0.25, 0.3) is 0 Å². The molecule has 0 radical (unpaired) electrons. The van der Waals surface area contributed by atoms with Crippen molar-refractivity contribution in [1.82, 2.24) is 0 Å². The number of hydrogen-bond donors (Lipinski definition) is 0. The monoisotopic (exact) mass is 811 g/mol. The summed E-state index contributed by atoms with van der Waals surface area (Å²) in [6.07, 6.45) is 56.3. The van der Waals surface area contributed by atoms with Gasteiger partial charge >= 0.3 is 17.9 Å². The maximum absolute atomic E-state index is 12.7. The number of allylic oxidation sites excluding steroid dienone is 10. The number of carbonyl (C=O) groups is 3. The van der Waals surface area contributed by atoms with E-state index < -0.39 is 6.10 Å². The predicted molar refractivity (Wildman–Crippen MR) is 247 cm³/mol. The molecule has 1 atom stereocenters. The molecule has 6 nitrogen and oxygen atoms in total. The summed E-state index contributed by atoms with van der Waals surface area (Å²) in [5, 5.41) is 0. The molecule has 0 rings (SSSR count). The van der Waals surface area contributed by atoms with Gasteiger partial charge in [-0.1, -0.05) is 210 Å². The lowest BCUT2D eigenvalue weighted by molar-refractivity contribution is -0.167. The normalized spacial score (nSPS) is 12.5. The molecule has 58 heavy (non-hydrogen) atoms. The molecule has 0 aromatic carbocycles. The molecule has 6 heteroatoms. The first kappa shape index (κ1) is 55.1. The number of unbranched alkanes of at least 4 members (excludes halogenated alkanes) is 25. The molecule has 0 spiro atoms. The van der Waals surface area contributed by atoms with E-state index in [2.05, 4.69) is 45.1 Å². The van der Waals surface area contributed by atoms with Crippen molar-refractivity contribution < 1.29 is 28.6 Å². The van der Waals surface area contributed by atoms with Crippen LogP contribution in [0.4, 0.5) is 0 Å². The van der Waals surface area contributed by atoms with Gasteiger partial charge in [0, 0.05) is 19.3 Å². The Kier molecular flexibility index (Phi) is 44.5. The Bertz CT molecular complexity index is 1070. The summed E-state index contributed by atoms with van der Waals surface area (Å²) in [5.41, 5.74) is 0. The largest absolute Gasteiger partial charge is 0.462 e. The van der Waals surface area contributed by atoms with E-state index >= 15 is 0 Å². The van der Waals surface area contributed by atoms with Gasteiger partial charge in [-0.3, -0.25) is 14.4 Å². The Balaban J connectivity index is 4.39. The highest BCUT2D eigenvalue weighted by Crippen LogP contribution is 2.14. The van der Waals surface area contributed by atoms with Gasteiger partial charge in [-0.2, -0.15) is 0 Å². The zero-order valence-electron chi connectivity index (χ0n) is 38.0. The van der Waals surface area contributed by atoms with Crippen molar-refractivity contribution in [1.29, 1.82) is 0 Å². The minimum Gasteiger partial charge on any atom is -0.462 e. The molecule has 334 valence electrons. The van der Waals surface area contributed by atoms with Crippen LogP contribution in [-0.2, 0) is 28.6 Å². The fourth-order valence-corrected chi connectivity index (χ4v) is 6.68. The Morgan fingerprint density at radius 2 is 0.690 bits per heavy atom. The van der Waals surface area contributed by atoms with Crippen LogP contribution < -0.4 is 0 Å². The van der Waals surface area contributed by atoms with Crippen LogP contribution in [0.3, 0.4) is 0 Å². The third kappa shape index (κ3) is 44.2. The van der Waals surface area contributed by atoms with E-state index in [0.717, 1.165) is 70.6 Å². The minimum absolute atomic E-state index is 0.0904. The highest BCUT2D eigenvalue weighted by Gasteiger charge is 2.19. The van der Waals surface area contributed by atoms with Crippen LogP contribution in [0.25, 0.3) is 0 Å². The van der Waals surface area contributed by atoms with Crippen LogP contribution >= 0.6 is 0 Å². The molecule has 0 N–H and O–H groups in total. The van der Waals surface area contributed by atoms with Gasteiger partial charge in [0.15, 0.2) is 6.10 Å². The fourth-order valence-electron chi connectivity index (χ4n) is 6.68. The molecule has 0 aliphatic rings. The van der Waals surface area contributed by atoms with Crippen molar-refractivity contribution >= 4 is 17.9 Å². The lowest BCUT2D eigenvalue weighted by Crippen LogP contribution is -2.30. The molecule has 0 aliphatic carbocycles. The van der Waals surface area contributed by atoms with E-state index in [4.69, 9.17) is 14.2 Å². The smallest absolute Gasteiger partial charge is 0.306 e. The van der Waals surface area contributed by atoms with Gasteiger partial charge in [0.1, 0.15) is 13.2 Å². The Morgan fingerprint density at radius 1 is 0.362 bits per heavy atom. The number of esters is 3. The summed E-state index contributed by atoms with van der Waals surface area (Å²) in [4.78, 5) is 37.8. The molecule has 0 saturated heterocycles. The zero-order chi connectivity index (χ0) is 42.3. The van der Waals surface area contributed by atoms with Gasteiger partial charge in [-0.15, -0.1) is 0 Å². The number of ether oxygens (including phenoxy) is 3. The van der Waals surface area contributed by atoms with Crippen LogP contribution in [0.2, 0.25) is 0 Å². The van der Waals surface area contributed by atoms with Crippen molar-refractivity contribution in [3.05, 3.63) is 60.8 Å². The second-order valence-electron chi connectivity index (χ2n) is 16.1. The number of hydrogen-bond acceptors (Lipinski definition) is 6. The lowest BCUT2D eigenvalue weighted by Gasteiger charge is -2.18. The van der Waals surface area contributed by atoms with Gasteiger partial charge in [-0.25, -0.2) is 0 Å². The highest BCUT2D eigenvalue weighted by atomic mass is 16.6. The van der Waals surface area contributed by atoms with Crippen LogP contribution in [0.1, 0.15) is 233 Å². The molecule has 0 heterocycles. The topological polar surface area (TPSA) is 78.9 Å². The molecule has 0 saturated carbocycles. The summed E-state index contributed by atoms with van der Waals surface area (Å²) in [6.45, 7) is 6.44. The molecule has 0 amide bonds. The fraction of sp³-hybridized carbons (Fsp3) is 0.750. The third-order valence-corrected chi connectivity index (χ3v) is 10.4. The minimum atomic E-state index is -0.792. The van der Waals surface area contributed by atoms with Crippen molar-refractivity contribution in [2.45, 2.75) is 239 Å². The molecule has 0 fully saturated rings. The molecular formula is C52H90O6. The second kappa shape index (κ2) is 46.8. The molecule has 1 unspecified atom stereocenters. The Hall–Kier alpha value is -2.89. The summed E-state index contributed by atoms with van der Waals surface area (Å²) in [7, 11) is 0. The first-order valence-corrected chi connectivity index (χ1v) is 24.3. The Labute approximate surface area is 358 Å². The summed E-state index contributed by atoms with van der Waals surface area (Å²) < 4.78 is 16.7. The lowest BCUT2D eigenvalue weighted by atomic mass is 10.1. The average molecular weight is 811 g/mol. The van der Waals surface area contributed by atoms with Crippen LogP contribution in [0.5, 0.6) is 0 Å². The van der Waals surface area contributed by atoms with Gasteiger partial charge in [0.2, 0.25) is 0 Å². The van der Waals surface area contributed by atoms with Crippen LogP contribution in [0, 0.1) is 0 Å². The Morgan fingerprint density at radius 3 is 1.12 bits per heavy atom. The number of carbonyl (C=O) groups excluding carboxylic acids is 3. The van der Waals surface area contributed by atoms with E-state index in [0.29, 0.717) is 12.8 Å². The van der Waals surface area contributed by atoms with Crippen LogP contribution in [0.15, 0.2) is 60.8 Å². The highest BCUT2D eigenvalue weighted by molar-refractivity contribution is 5.71. The van der Waals surface area contributed by atoms with Gasteiger partial charge in [-0.05, 0) is 64.2 Å². The standard InChI is InChI=1S/C52H90O6/c1-4-7-10-13-16-19-22-24-25-26-27-29-30-33-36-39-42-45-51(54)57-48-49(47-56-50(53)44-41-38-35-32-21-18-15-12-9-6-3)58-52(55)46-43-40-37-34-31-28-23-20-17-14-11-8-5-2/h8,11,14,17,20,23-25,28,31,49H,4-7,9-10,12-13,15-16,18-19,21-22,26-27,29-30,32-48H2,1-3H3/b11-8-,17-14-,23-20-,25-24-,31-28-. The SMILES string of the molecule is CC\C=C/C=C\C=C/C=C\CCCCCC(=O)OC(COC(=O)CCCCCCCCC/C=C\CCCCCCCC)COC(=O)CCCCCCCCCCCC. The van der Waals surface area contributed by atoms with Gasteiger partial charge < -0.3 is 14.2 Å². The third-order valence-electron chi connectivity index (χ3n) is 10.4. The summed E-state index contributed by atoms with van der Waals surface area (Å²) in [5.74, 6) is -0.935. The van der Waals surface area contributed by atoms with E-state index in [-0.39, 0.29) is 37.5 Å². The van der Waals surface area contributed by atoms with Crippen LogP contribution in [-0.4, -0.2) is 37.2 Å². The summed E-state index contributed by atoms with van der Waals surface area (Å²) in [6, 6.07) is 0. The second-order valence-corrected chi connectivity index (χ2v) is 16.1. The quantitative estimate of drug-likeness (QED) is 0.0201. The first-order chi connectivity index (χ1) is 28.5. The van der Waals surface area contributed by atoms with E-state index in [9.17, 15) is 14.4 Å². The maximum Gasteiger partial charge on any atom is 0.306 e. The zero-order valence-corrected chi connectivity index (χ0v) is 38.0. The first-order valence-electron chi connectivity index (χ1n) is 24.3. The average Bonchev–Trinajstić information content (AvgIpc) is 3.22. The molecule has 0 bridgehead atoms. The summed E-state index contributed by atoms with van der Waals surface area (Å²) >= 11 is 0. The van der Waals surface area contributed by atoms with Crippen molar-refractivity contribution in [2.24, 2.45) is 0 Å². The van der Waals surface area contributed by atoms with Crippen molar-refractivity contribution in [3.8, 4) is 0 Å². The molecule has 0 aromatic heterocycles. The molecule has 0 aromatic rings. The van der Waals surface area contributed by atoms with Crippen molar-refractivity contribution in [3.63, 3.8) is 0 Å². The van der Waals surface area contributed by atoms with E-state index in [1.165, 1.54) is 122 Å². The van der Waals surface area contributed by atoms with Gasteiger partial charge in [0.05, 0.1) is 0 Å². The van der Waals surface area contributed by atoms with Crippen molar-refractivity contribution in [2.75, 3.05) is 13.2 Å². The predicted octanol–water partition coefficient (Wildman–Crippen LogP) is 15.7. The number of rotatable bonds is 43. The van der Waals surface area contributed by atoms with E-state index in [1.807, 2.05) is 36.5 Å². The molecule has 0 aliphatic heterocycles. The van der Waals surface area contributed by atoms with E-state index in [1.54, 1.807) is 0 Å². The maximum atomic E-state index is 12.7.